The molecular weight excluding hydrogens is 212 g/mol. The lowest BCUT2D eigenvalue weighted by atomic mass is 10.1. The minimum atomic E-state index is -0.285. The molecule has 0 saturated carbocycles. The monoisotopic (exact) mass is 226 g/mol. The normalized spacial score (nSPS) is 12.2. The molecule has 0 amide bonds. The third kappa shape index (κ3) is 3.92. The smallest absolute Gasteiger partial charge is 0.338 e. The van der Waals surface area contributed by atoms with E-state index in [1.54, 1.807) is 24.3 Å². The minimum absolute atomic E-state index is 0.285. The Hall–Kier alpha value is -1.02. The summed E-state index contributed by atoms with van der Waals surface area (Å²) >= 11 is 5.71. The number of hydrogen-bond donors (Lipinski definition) is 0. The molecule has 1 unspecified atom stereocenters. The summed E-state index contributed by atoms with van der Waals surface area (Å²) in [6.45, 7) is 4.59. The Kier molecular flexibility index (Phi) is 4.63. The van der Waals surface area contributed by atoms with Crippen LogP contribution in [-0.2, 0) is 4.74 Å². The van der Waals surface area contributed by atoms with Crippen LogP contribution in [0.25, 0.3) is 0 Å². The van der Waals surface area contributed by atoms with Crippen molar-refractivity contribution in [2.45, 2.75) is 20.3 Å². The SMILES string of the molecule is CCC(C)COC(=O)c1ccc(Cl)cc1. The Balaban J connectivity index is 2.50. The highest BCUT2D eigenvalue weighted by atomic mass is 35.5. The Morgan fingerprint density at radius 1 is 1.40 bits per heavy atom. The van der Waals surface area contributed by atoms with Crippen molar-refractivity contribution < 1.29 is 9.53 Å². The summed E-state index contributed by atoms with van der Waals surface area (Å²) < 4.78 is 5.14. The minimum Gasteiger partial charge on any atom is -0.462 e. The van der Waals surface area contributed by atoms with Crippen LogP contribution in [0.4, 0.5) is 0 Å². The van der Waals surface area contributed by atoms with Crippen molar-refractivity contribution in [2.75, 3.05) is 6.61 Å². The zero-order valence-corrected chi connectivity index (χ0v) is 9.75. The number of carbonyl (C=O) groups is 1. The zero-order valence-electron chi connectivity index (χ0n) is 9.00. The first-order valence-corrected chi connectivity index (χ1v) is 5.44. The summed E-state index contributed by atoms with van der Waals surface area (Å²) in [5.41, 5.74) is 0.544. The highest BCUT2D eigenvalue weighted by molar-refractivity contribution is 6.30. The van der Waals surface area contributed by atoms with Gasteiger partial charge < -0.3 is 4.74 Å². The maximum absolute atomic E-state index is 11.5. The summed E-state index contributed by atoms with van der Waals surface area (Å²) in [6, 6.07) is 6.70. The molecule has 15 heavy (non-hydrogen) atoms. The van der Waals surface area contributed by atoms with Crippen LogP contribution in [-0.4, -0.2) is 12.6 Å². The molecule has 0 aliphatic heterocycles. The third-order valence-electron chi connectivity index (χ3n) is 2.28. The second kappa shape index (κ2) is 5.76. The number of carbonyl (C=O) groups excluding carboxylic acids is 1. The molecule has 0 radical (unpaired) electrons. The van der Waals surface area contributed by atoms with Crippen LogP contribution in [0.3, 0.4) is 0 Å². The molecular formula is C12H15ClO2. The lowest BCUT2D eigenvalue weighted by Gasteiger charge is -2.09. The van der Waals surface area contributed by atoms with Gasteiger partial charge >= 0.3 is 5.97 Å². The number of hydrogen-bond acceptors (Lipinski definition) is 2. The summed E-state index contributed by atoms with van der Waals surface area (Å²) in [5, 5.41) is 0.619. The molecule has 0 N–H and O–H groups in total. The van der Waals surface area contributed by atoms with Crippen molar-refractivity contribution in [3.63, 3.8) is 0 Å². The van der Waals surface area contributed by atoms with Gasteiger partial charge in [0.15, 0.2) is 0 Å². The average molecular weight is 227 g/mol. The van der Waals surface area contributed by atoms with E-state index in [-0.39, 0.29) is 5.97 Å². The van der Waals surface area contributed by atoms with Crippen LogP contribution in [0, 0.1) is 5.92 Å². The van der Waals surface area contributed by atoms with Gasteiger partial charge in [0.2, 0.25) is 0 Å². The van der Waals surface area contributed by atoms with Gasteiger partial charge in [-0.1, -0.05) is 31.9 Å². The van der Waals surface area contributed by atoms with Gasteiger partial charge in [-0.05, 0) is 30.2 Å². The van der Waals surface area contributed by atoms with Crippen LogP contribution < -0.4 is 0 Å². The summed E-state index contributed by atoms with van der Waals surface area (Å²) in [7, 11) is 0. The molecule has 0 spiro atoms. The Morgan fingerprint density at radius 2 is 2.00 bits per heavy atom. The van der Waals surface area contributed by atoms with E-state index in [1.807, 2.05) is 0 Å². The first-order chi connectivity index (χ1) is 7.13. The van der Waals surface area contributed by atoms with E-state index in [1.165, 1.54) is 0 Å². The van der Waals surface area contributed by atoms with Gasteiger partial charge in [0.1, 0.15) is 0 Å². The van der Waals surface area contributed by atoms with E-state index >= 15 is 0 Å². The molecule has 3 heteroatoms. The standard InChI is InChI=1S/C12H15ClO2/c1-3-9(2)8-15-12(14)10-4-6-11(13)7-5-10/h4-7,9H,3,8H2,1-2H3. The molecule has 2 nitrogen and oxygen atoms in total. The van der Waals surface area contributed by atoms with Crippen molar-refractivity contribution in [3.05, 3.63) is 34.9 Å². The van der Waals surface area contributed by atoms with Crippen LogP contribution in [0.1, 0.15) is 30.6 Å². The number of halogens is 1. The maximum atomic E-state index is 11.5. The highest BCUT2D eigenvalue weighted by Crippen LogP contribution is 2.11. The number of ether oxygens (including phenoxy) is 1. The van der Waals surface area contributed by atoms with Gasteiger partial charge in [0.05, 0.1) is 12.2 Å². The van der Waals surface area contributed by atoms with Crippen LogP contribution in [0.5, 0.6) is 0 Å². The van der Waals surface area contributed by atoms with E-state index in [0.29, 0.717) is 23.1 Å². The quantitative estimate of drug-likeness (QED) is 0.734. The molecule has 0 saturated heterocycles. The Labute approximate surface area is 95.2 Å². The van der Waals surface area contributed by atoms with Gasteiger partial charge in [-0.25, -0.2) is 4.79 Å². The molecule has 0 aliphatic carbocycles. The molecule has 1 aromatic carbocycles. The Bertz CT molecular complexity index is 319. The third-order valence-corrected chi connectivity index (χ3v) is 2.53. The van der Waals surface area contributed by atoms with Crippen LogP contribution in [0.15, 0.2) is 24.3 Å². The van der Waals surface area contributed by atoms with Crippen molar-refractivity contribution in [1.29, 1.82) is 0 Å². The second-order valence-corrected chi connectivity index (χ2v) is 4.06. The molecule has 1 atom stereocenters. The topological polar surface area (TPSA) is 26.3 Å². The summed E-state index contributed by atoms with van der Waals surface area (Å²) in [6.07, 6.45) is 1.01. The highest BCUT2D eigenvalue weighted by Gasteiger charge is 2.08. The fraction of sp³-hybridized carbons (Fsp3) is 0.417. The van der Waals surface area contributed by atoms with E-state index in [2.05, 4.69) is 13.8 Å². The first kappa shape index (κ1) is 12.1. The van der Waals surface area contributed by atoms with Gasteiger partial charge in [0.25, 0.3) is 0 Å². The average Bonchev–Trinajstić information content (AvgIpc) is 2.26. The number of benzene rings is 1. The van der Waals surface area contributed by atoms with E-state index < -0.39 is 0 Å². The van der Waals surface area contributed by atoms with Gasteiger partial charge in [0, 0.05) is 5.02 Å². The molecule has 0 aliphatic rings. The number of rotatable bonds is 4. The van der Waals surface area contributed by atoms with Crippen molar-refractivity contribution >= 4 is 17.6 Å². The van der Waals surface area contributed by atoms with Crippen LogP contribution >= 0.6 is 11.6 Å². The molecule has 0 bridgehead atoms. The fourth-order valence-corrected chi connectivity index (χ4v) is 1.13. The fourth-order valence-electron chi connectivity index (χ4n) is 1.01. The predicted octanol–water partition coefficient (Wildman–Crippen LogP) is 3.54. The number of esters is 1. The van der Waals surface area contributed by atoms with Gasteiger partial charge in [-0.3, -0.25) is 0 Å². The summed E-state index contributed by atoms with van der Waals surface area (Å²) in [5.74, 6) is 0.119. The first-order valence-electron chi connectivity index (χ1n) is 5.06. The summed E-state index contributed by atoms with van der Waals surface area (Å²) in [4.78, 5) is 11.5. The van der Waals surface area contributed by atoms with E-state index in [9.17, 15) is 4.79 Å². The zero-order chi connectivity index (χ0) is 11.3. The molecule has 1 aromatic rings. The predicted molar refractivity (Wildman–Crippen MR) is 61.2 cm³/mol. The maximum Gasteiger partial charge on any atom is 0.338 e. The molecule has 82 valence electrons. The Morgan fingerprint density at radius 3 is 2.53 bits per heavy atom. The van der Waals surface area contributed by atoms with E-state index in [4.69, 9.17) is 16.3 Å². The largest absolute Gasteiger partial charge is 0.462 e. The lowest BCUT2D eigenvalue weighted by Crippen LogP contribution is -2.11. The van der Waals surface area contributed by atoms with Gasteiger partial charge in [-0.15, -0.1) is 0 Å². The van der Waals surface area contributed by atoms with Crippen molar-refractivity contribution in [3.8, 4) is 0 Å². The van der Waals surface area contributed by atoms with E-state index in [0.717, 1.165) is 6.42 Å². The second-order valence-electron chi connectivity index (χ2n) is 3.62. The van der Waals surface area contributed by atoms with Gasteiger partial charge in [-0.2, -0.15) is 0 Å². The lowest BCUT2D eigenvalue weighted by molar-refractivity contribution is 0.0447. The molecule has 0 heterocycles. The molecule has 1 rings (SSSR count). The van der Waals surface area contributed by atoms with Crippen LogP contribution in [0.2, 0.25) is 5.02 Å². The van der Waals surface area contributed by atoms with Crippen molar-refractivity contribution in [2.24, 2.45) is 5.92 Å². The van der Waals surface area contributed by atoms with Crippen molar-refractivity contribution in [1.82, 2.24) is 0 Å². The molecule has 0 aromatic heterocycles. The molecule has 0 fully saturated rings.